The molecule has 12 heteroatoms. The molecule has 75 heavy (non-hydrogen) atoms. The minimum absolute atomic E-state index is 0.0426. The Hall–Kier alpha value is -3.84. The molecule has 1 saturated heterocycles. The summed E-state index contributed by atoms with van der Waals surface area (Å²) in [4.78, 5) is 51.0. The zero-order chi connectivity index (χ0) is 54.7. The number of hydrogen-bond donors (Lipinski definition) is 3. The van der Waals surface area contributed by atoms with Gasteiger partial charge in [0.15, 0.2) is 24.6 Å². The smallest absolute Gasteiger partial charge is 0.335 e. The molecule has 0 aromatic heterocycles. The van der Waals surface area contributed by atoms with Gasteiger partial charge in [-0.15, -0.1) is 0 Å². The summed E-state index contributed by atoms with van der Waals surface area (Å²) in [5, 5.41) is 31.5. The number of rotatable bonds is 50. The van der Waals surface area contributed by atoms with Gasteiger partial charge in [0.1, 0.15) is 18.8 Å². The van der Waals surface area contributed by atoms with E-state index in [2.05, 4.69) is 93.7 Å². The fourth-order valence-electron chi connectivity index (χ4n) is 8.68. The van der Waals surface area contributed by atoms with Crippen LogP contribution < -0.4 is 0 Å². The Morgan fingerprint density at radius 1 is 0.453 bits per heavy atom. The van der Waals surface area contributed by atoms with Crippen molar-refractivity contribution in [1.29, 1.82) is 0 Å². The van der Waals surface area contributed by atoms with Gasteiger partial charge in [0.2, 0.25) is 0 Å². The van der Waals surface area contributed by atoms with Gasteiger partial charge >= 0.3 is 23.9 Å². The first kappa shape index (κ1) is 69.2. The Balaban J connectivity index is 2.64. The molecule has 1 heterocycles. The predicted octanol–water partition coefficient (Wildman–Crippen LogP) is 15.3. The molecule has 6 unspecified atom stereocenters. The van der Waals surface area contributed by atoms with E-state index in [1.54, 1.807) is 0 Å². The van der Waals surface area contributed by atoms with Crippen molar-refractivity contribution in [2.75, 3.05) is 13.2 Å². The van der Waals surface area contributed by atoms with Crippen molar-refractivity contribution in [2.24, 2.45) is 0 Å². The lowest BCUT2D eigenvalue weighted by Gasteiger charge is -2.40. The first-order chi connectivity index (χ1) is 36.6. The maximum Gasteiger partial charge on any atom is 0.335 e. The van der Waals surface area contributed by atoms with Crippen LogP contribution in [0.15, 0.2) is 72.9 Å². The van der Waals surface area contributed by atoms with Gasteiger partial charge in [0.25, 0.3) is 0 Å². The number of unbranched alkanes of at least 4 members (excludes halogenated alkanes) is 24. The number of aliphatic hydroxyl groups excluding tert-OH is 2. The maximum absolute atomic E-state index is 13.1. The zero-order valence-electron chi connectivity index (χ0n) is 47.3. The second-order valence-electron chi connectivity index (χ2n) is 20.3. The first-order valence-corrected chi connectivity index (χ1v) is 29.9. The third kappa shape index (κ3) is 41.0. The average Bonchev–Trinajstić information content (AvgIpc) is 3.39. The van der Waals surface area contributed by atoms with Crippen molar-refractivity contribution >= 4 is 23.9 Å². The van der Waals surface area contributed by atoms with Crippen LogP contribution >= 0.6 is 0 Å². The van der Waals surface area contributed by atoms with E-state index in [4.69, 9.17) is 23.7 Å². The lowest BCUT2D eigenvalue weighted by atomic mass is 9.98. The number of aliphatic hydroxyl groups is 2. The summed E-state index contributed by atoms with van der Waals surface area (Å²) in [5.41, 5.74) is 0. The Morgan fingerprint density at radius 3 is 1.31 bits per heavy atom. The number of carbonyl (C=O) groups excluding carboxylic acids is 3. The molecular weight excluding hydrogens is 949 g/mol. The van der Waals surface area contributed by atoms with Crippen LogP contribution in [0.5, 0.6) is 0 Å². The summed E-state index contributed by atoms with van der Waals surface area (Å²) in [7, 11) is 0. The summed E-state index contributed by atoms with van der Waals surface area (Å²) < 4.78 is 28.4. The fraction of sp³-hybridized carbons (Fsp3) is 0.746. The Labute approximate surface area is 455 Å². The molecule has 1 aliphatic heterocycles. The Bertz CT molecular complexity index is 1580. The molecule has 3 N–H and O–H groups in total. The van der Waals surface area contributed by atoms with Gasteiger partial charge in [-0.25, -0.2) is 4.79 Å². The highest BCUT2D eigenvalue weighted by Gasteiger charge is 2.50. The molecule has 1 rings (SSSR count). The number of carbonyl (C=O) groups is 4. The van der Waals surface area contributed by atoms with Crippen LogP contribution in [0.4, 0.5) is 0 Å². The molecule has 0 aromatic carbocycles. The molecule has 1 aliphatic rings. The van der Waals surface area contributed by atoms with Crippen molar-refractivity contribution < 1.29 is 58.2 Å². The summed E-state index contributed by atoms with van der Waals surface area (Å²) in [6, 6.07) is 0. The Kier molecular flexibility index (Phi) is 47.0. The summed E-state index contributed by atoms with van der Waals surface area (Å²) in [6.07, 6.45) is 51.6. The molecule has 0 bridgehead atoms. The topological polar surface area (TPSA) is 175 Å². The van der Waals surface area contributed by atoms with Crippen LogP contribution in [-0.4, -0.2) is 89.2 Å². The van der Waals surface area contributed by atoms with Crippen LogP contribution in [0.1, 0.15) is 252 Å². The van der Waals surface area contributed by atoms with Gasteiger partial charge in [-0.1, -0.05) is 216 Å². The molecule has 0 spiro atoms. The number of aliphatic carboxylic acids is 1. The quantitative estimate of drug-likeness (QED) is 0.0228. The standard InChI is InChI=1S/C63H106O12/c1-4-7-10-13-16-19-21-23-25-27-28-30-32-34-36-39-42-45-48-51-57(66)74-61-59(68)58(67)60(62(69)70)75-63(61)72-53-54(73-56(65)50-47-44-41-37-18-15-12-9-6-3)52-71-55(64)49-46-43-40-38-35-33-31-29-26-24-22-20-17-14-11-8-5-2/h7,10,16-17,19-20,23-26,28,30,54,58-61,63,67-68H,4-6,8-9,11-15,18,21-22,27,29,31-53H2,1-3H3,(H,69,70)/b10-7-,19-16-,20-17-,25-23-,26-24-,30-28-. The first-order valence-electron chi connectivity index (χ1n) is 29.9. The molecule has 12 nitrogen and oxygen atoms in total. The number of ether oxygens (including phenoxy) is 5. The van der Waals surface area contributed by atoms with Crippen molar-refractivity contribution in [3.8, 4) is 0 Å². The molecule has 430 valence electrons. The minimum atomic E-state index is -1.91. The number of carboxylic acid groups (broad SMARTS) is 1. The highest BCUT2D eigenvalue weighted by atomic mass is 16.7. The minimum Gasteiger partial charge on any atom is -0.479 e. The third-order valence-corrected chi connectivity index (χ3v) is 13.3. The van der Waals surface area contributed by atoms with E-state index in [9.17, 15) is 34.5 Å². The van der Waals surface area contributed by atoms with Crippen molar-refractivity contribution in [3.05, 3.63) is 72.9 Å². The SMILES string of the molecule is CC/C=C\C/C=C\C/C=C\C/C=C\CCCCCCCCC(=O)OC1C(OCC(COC(=O)CCCCCCCCC/C=C\C/C=C\CCCCC)OC(=O)CCCCCCCCCCC)OC(C(=O)O)C(O)C1O. The van der Waals surface area contributed by atoms with Crippen LogP contribution in [-0.2, 0) is 42.9 Å². The molecule has 6 atom stereocenters. The van der Waals surface area contributed by atoms with Gasteiger partial charge in [-0.05, 0) is 89.9 Å². The molecule has 1 fully saturated rings. The second-order valence-corrected chi connectivity index (χ2v) is 20.3. The lowest BCUT2D eigenvalue weighted by molar-refractivity contribution is -0.301. The third-order valence-electron chi connectivity index (χ3n) is 13.3. The van der Waals surface area contributed by atoms with Gasteiger partial charge in [0, 0.05) is 19.3 Å². The number of carboxylic acids is 1. The van der Waals surface area contributed by atoms with E-state index < -0.39 is 67.3 Å². The maximum atomic E-state index is 13.1. The summed E-state index contributed by atoms with van der Waals surface area (Å²) in [6.45, 7) is 5.82. The van der Waals surface area contributed by atoms with E-state index in [1.165, 1.54) is 70.6 Å². The van der Waals surface area contributed by atoms with Gasteiger partial charge in [0.05, 0.1) is 6.61 Å². The van der Waals surface area contributed by atoms with Crippen LogP contribution in [0.25, 0.3) is 0 Å². The normalized spacial score (nSPS) is 18.7. The predicted molar refractivity (Wildman–Crippen MR) is 303 cm³/mol. The number of hydrogen-bond acceptors (Lipinski definition) is 11. The summed E-state index contributed by atoms with van der Waals surface area (Å²) >= 11 is 0. The van der Waals surface area contributed by atoms with Gasteiger partial charge in [-0.3, -0.25) is 14.4 Å². The van der Waals surface area contributed by atoms with Crippen LogP contribution in [0.3, 0.4) is 0 Å². The second kappa shape index (κ2) is 50.9. The molecule has 0 aromatic rings. The highest BCUT2D eigenvalue weighted by Crippen LogP contribution is 2.26. The highest BCUT2D eigenvalue weighted by molar-refractivity contribution is 5.74. The van der Waals surface area contributed by atoms with Gasteiger partial charge in [-0.2, -0.15) is 0 Å². The van der Waals surface area contributed by atoms with Crippen LogP contribution in [0.2, 0.25) is 0 Å². The van der Waals surface area contributed by atoms with Crippen molar-refractivity contribution in [3.63, 3.8) is 0 Å². The molecule has 0 saturated carbocycles. The summed E-state index contributed by atoms with van der Waals surface area (Å²) in [5.74, 6) is -3.14. The molecule has 0 aliphatic carbocycles. The number of esters is 3. The average molecular weight is 1060 g/mol. The van der Waals surface area contributed by atoms with E-state index in [1.807, 2.05) is 0 Å². The van der Waals surface area contributed by atoms with Crippen molar-refractivity contribution in [2.45, 2.75) is 289 Å². The Morgan fingerprint density at radius 2 is 0.840 bits per heavy atom. The van der Waals surface area contributed by atoms with E-state index in [0.717, 1.165) is 122 Å². The largest absolute Gasteiger partial charge is 0.479 e. The zero-order valence-corrected chi connectivity index (χ0v) is 47.3. The monoisotopic (exact) mass is 1050 g/mol. The van der Waals surface area contributed by atoms with Crippen LogP contribution in [0, 0.1) is 0 Å². The van der Waals surface area contributed by atoms with E-state index in [0.29, 0.717) is 19.3 Å². The van der Waals surface area contributed by atoms with E-state index >= 15 is 0 Å². The van der Waals surface area contributed by atoms with Crippen molar-refractivity contribution in [1.82, 2.24) is 0 Å². The fourth-order valence-corrected chi connectivity index (χ4v) is 8.68. The lowest BCUT2D eigenvalue weighted by Crippen LogP contribution is -2.61. The molecule has 0 amide bonds. The van der Waals surface area contributed by atoms with E-state index in [-0.39, 0.29) is 25.9 Å². The molecular formula is C63H106O12. The van der Waals surface area contributed by atoms with Gasteiger partial charge < -0.3 is 39.0 Å². The molecule has 0 radical (unpaired) electrons. The number of allylic oxidation sites excluding steroid dienone is 12.